The van der Waals surface area contributed by atoms with Crippen LogP contribution in [0, 0.1) is 24.6 Å². The van der Waals surface area contributed by atoms with E-state index in [9.17, 15) is 14.8 Å². The first-order valence-corrected chi connectivity index (χ1v) is 11.1. The first-order chi connectivity index (χ1) is 15.5. The fraction of sp³-hybridized carbons (Fsp3) is 0.522. The number of hydrogen-bond acceptors (Lipinski definition) is 6. The SMILES string of the molecule is Cc1nc(CCc2ccccn2)c(F)c(CNC(=O)[C@H](CC2CCCC2)CN(O)C=O)n1. The van der Waals surface area contributed by atoms with Crippen molar-refractivity contribution in [1.82, 2.24) is 25.3 Å². The van der Waals surface area contributed by atoms with E-state index in [1.54, 1.807) is 13.1 Å². The molecule has 0 spiro atoms. The van der Waals surface area contributed by atoms with Crippen LogP contribution in [0.25, 0.3) is 0 Å². The van der Waals surface area contributed by atoms with Crippen molar-refractivity contribution in [2.45, 2.75) is 58.4 Å². The minimum atomic E-state index is -0.567. The van der Waals surface area contributed by atoms with Crippen molar-refractivity contribution in [2.75, 3.05) is 6.54 Å². The number of nitrogens with zero attached hydrogens (tertiary/aromatic N) is 4. The van der Waals surface area contributed by atoms with Crippen LogP contribution >= 0.6 is 0 Å². The smallest absolute Gasteiger partial charge is 0.233 e. The summed E-state index contributed by atoms with van der Waals surface area (Å²) >= 11 is 0. The Hall–Kier alpha value is -2.94. The second-order valence-electron chi connectivity index (χ2n) is 8.33. The number of aromatic nitrogens is 3. The molecule has 2 amide bonds. The number of aryl methyl sites for hydroxylation is 3. The molecule has 9 heteroatoms. The Bertz CT molecular complexity index is 906. The molecule has 0 aliphatic heterocycles. The minimum Gasteiger partial charge on any atom is -0.350 e. The van der Waals surface area contributed by atoms with Gasteiger partial charge < -0.3 is 5.32 Å². The highest BCUT2D eigenvalue weighted by atomic mass is 19.1. The number of rotatable bonds is 11. The van der Waals surface area contributed by atoms with E-state index >= 15 is 4.39 Å². The van der Waals surface area contributed by atoms with Crippen LogP contribution in [0.4, 0.5) is 4.39 Å². The average molecular weight is 444 g/mol. The fourth-order valence-electron chi connectivity index (χ4n) is 4.25. The maximum atomic E-state index is 15.0. The summed E-state index contributed by atoms with van der Waals surface area (Å²) < 4.78 is 15.0. The van der Waals surface area contributed by atoms with Crippen LogP contribution in [0.15, 0.2) is 24.4 Å². The zero-order valence-electron chi connectivity index (χ0n) is 18.3. The molecular formula is C23H30FN5O3. The van der Waals surface area contributed by atoms with E-state index in [-0.39, 0.29) is 36.8 Å². The topological polar surface area (TPSA) is 108 Å². The third-order valence-electron chi connectivity index (χ3n) is 5.87. The van der Waals surface area contributed by atoms with Crippen molar-refractivity contribution in [3.05, 3.63) is 53.1 Å². The molecule has 2 aromatic rings. The number of halogens is 1. The quantitative estimate of drug-likeness (QED) is 0.314. The molecule has 1 aliphatic carbocycles. The molecule has 0 aromatic carbocycles. The van der Waals surface area contributed by atoms with Crippen LogP contribution in [0.5, 0.6) is 0 Å². The highest BCUT2D eigenvalue weighted by Gasteiger charge is 2.27. The molecule has 0 saturated heterocycles. The summed E-state index contributed by atoms with van der Waals surface area (Å²) in [5, 5.41) is 12.8. The van der Waals surface area contributed by atoms with Crippen molar-refractivity contribution in [1.29, 1.82) is 0 Å². The molecule has 0 radical (unpaired) electrons. The maximum absolute atomic E-state index is 15.0. The minimum absolute atomic E-state index is 0.0850. The lowest BCUT2D eigenvalue weighted by molar-refractivity contribution is -0.155. The molecule has 1 saturated carbocycles. The van der Waals surface area contributed by atoms with Gasteiger partial charge in [0, 0.05) is 11.9 Å². The summed E-state index contributed by atoms with van der Waals surface area (Å²) in [4.78, 5) is 36.3. The van der Waals surface area contributed by atoms with Gasteiger partial charge in [-0.25, -0.2) is 19.4 Å². The number of hydrogen-bond donors (Lipinski definition) is 2. The van der Waals surface area contributed by atoms with Gasteiger partial charge in [0.1, 0.15) is 5.82 Å². The second kappa shape index (κ2) is 11.6. The second-order valence-corrected chi connectivity index (χ2v) is 8.33. The Morgan fingerprint density at radius 1 is 1.28 bits per heavy atom. The maximum Gasteiger partial charge on any atom is 0.233 e. The van der Waals surface area contributed by atoms with Gasteiger partial charge in [0.25, 0.3) is 0 Å². The first kappa shape index (κ1) is 23.7. The number of pyridine rings is 1. The van der Waals surface area contributed by atoms with Crippen LogP contribution in [0.1, 0.15) is 55.0 Å². The van der Waals surface area contributed by atoms with Crippen LogP contribution in [0.2, 0.25) is 0 Å². The molecule has 2 N–H and O–H groups in total. The van der Waals surface area contributed by atoms with E-state index in [0.29, 0.717) is 36.1 Å². The summed E-state index contributed by atoms with van der Waals surface area (Å²) in [6, 6.07) is 5.58. The van der Waals surface area contributed by atoms with E-state index in [1.165, 1.54) is 0 Å². The summed E-state index contributed by atoms with van der Waals surface area (Å²) in [5.41, 5.74) is 1.26. The van der Waals surface area contributed by atoms with E-state index < -0.39 is 11.7 Å². The molecule has 1 fully saturated rings. The Labute approximate surface area is 187 Å². The normalized spacial score (nSPS) is 14.8. The first-order valence-electron chi connectivity index (χ1n) is 11.1. The van der Waals surface area contributed by atoms with Crippen LogP contribution < -0.4 is 5.32 Å². The number of nitrogens with one attached hydrogen (secondary N) is 1. The van der Waals surface area contributed by atoms with E-state index in [1.807, 2.05) is 18.2 Å². The van der Waals surface area contributed by atoms with Crippen molar-refractivity contribution < 1.29 is 19.2 Å². The molecule has 0 bridgehead atoms. The summed E-state index contributed by atoms with van der Waals surface area (Å²) in [6.45, 7) is 1.51. The Morgan fingerprint density at radius 2 is 2.03 bits per heavy atom. The molecule has 8 nitrogen and oxygen atoms in total. The average Bonchev–Trinajstić information content (AvgIpc) is 3.31. The van der Waals surface area contributed by atoms with Crippen molar-refractivity contribution in [3.63, 3.8) is 0 Å². The molecule has 2 aromatic heterocycles. The highest BCUT2D eigenvalue weighted by molar-refractivity contribution is 5.79. The van der Waals surface area contributed by atoms with Crippen molar-refractivity contribution >= 4 is 12.3 Å². The number of amides is 2. The van der Waals surface area contributed by atoms with Gasteiger partial charge in [-0.15, -0.1) is 0 Å². The monoisotopic (exact) mass is 443 g/mol. The molecule has 172 valence electrons. The van der Waals surface area contributed by atoms with Crippen LogP contribution in [-0.4, -0.2) is 44.1 Å². The predicted octanol–water partition coefficient (Wildman–Crippen LogP) is 2.76. The lowest BCUT2D eigenvalue weighted by Gasteiger charge is -2.22. The summed E-state index contributed by atoms with van der Waals surface area (Å²) in [7, 11) is 0. The molecular weight excluding hydrogens is 413 g/mol. The highest BCUT2D eigenvalue weighted by Crippen LogP contribution is 2.30. The zero-order chi connectivity index (χ0) is 22.9. The lowest BCUT2D eigenvalue weighted by atomic mass is 9.92. The third-order valence-corrected chi connectivity index (χ3v) is 5.87. The van der Waals surface area contributed by atoms with Crippen LogP contribution in [0.3, 0.4) is 0 Å². The summed E-state index contributed by atoms with van der Waals surface area (Å²) in [5.74, 6) is -0.610. The van der Waals surface area contributed by atoms with Crippen LogP contribution in [-0.2, 0) is 29.0 Å². The molecule has 2 heterocycles. The Balaban J connectivity index is 1.64. The van der Waals surface area contributed by atoms with E-state index in [0.717, 1.165) is 31.4 Å². The standard InChI is InChI=1S/C23H30FN5O3/c1-16-27-20(10-9-19-8-4-5-11-25-19)22(24)21(28-16)13-26-23(31)18(14-29(32)15-30)12-17-6-2-3-7-17/h4-5,8,11,15,17-18,32H,2-3,6-7,9-10,12-14H2,1H3,(H,26,31)/t18-/m1/s1. The number of carbonyl (C=O) groups is 2. The van der Waals surface area contributed by atoms with Gasteiger partial charge in [-0.05, 0) is 44.2 Å². The van der Waals surface area contributed by atoms with Gasteiger partial charge in [0.05, 0.1) is 30.4 Å². The third kappa shape index (κ3) is 6.78. The number of hydroxylamine groups is 2. The fourth-order valence-corrected chi connectivity index (χ4v) is 4.25. The van der Waals surface area contributed by atoms with Gasteiger partial charge in [-0.3, -0.25) is 19.8 Å². The predicted molar refractivity (Wildman–Crippen MR) is 115 cm³/mol. The number of carbonyl (C=O) groups excluding carboxylic acids is 2. The summed E-state index contributed by atoms with van der Waals surface area (Å²) in [6.07, 6.45) is 7.80. The molecule has 3 rings (SSSR count). The van der Waals surface area contributed by atoms with Gasteiger partial charge in [-0.2, -0.15) is 0 Å². The molecule has 32 heavy (non-hydrogen) atoms. The molecule has 1 atom stereocenters. The van der Waals surface area contributed by atoms with E-state index in [4.69, 9.17) is 0 Å². The van der Waals surface area contributed by atoms with Crippen molar-refractivity contribution in [2.24, 2.45) is 11.8 Å². The molecule has 1 aliphatic rings. The van der Waals surface area contributed by atoms with Gasteiger partial charge in [-0.1, -0.05) is 31.7 Å². The van der Waals surface area contributed by atoms with Gasteiger partial charge in [0.2, 0.25) is 12.3 Å². The largest absolute Gasteiger partial charge is 0.350 e. The molecule has 0 unspecified atom stereocenters. The Morgan fingerprint density at radius 3 is 2.72 bits per heavy atom. The van der Waals surface area contributed by atoms with Gasteiger partial charge in [0.15, 0.2) is 5.82 Å². The Kier molecular flexibility index (Phi) is 8.61. The van der Waals surface area contributed by atoms with Crippen molar-refractivity contribution in [3.8, 4) is 0 Å². The zero-order valence-corrected chi connectivity index (χ0v) is 18.3. The lowest BCUT2D eigenvalue weighted by Crippen LogP contribution is -2.38. The van der Waals surface area contributed by atoms with E-state index in [2.05, 4.69) is 20.3 Å². The van der Waals surface area contributed by atoms with Gasteiger partial charge >= 0.3 is 0 Å².